The molecule has 0 unspecified atom stereocenters. The van der Waals surface area contributed by atoms with Crippen molar-refractivity contribution < 1.29 is 23.4 Å². The Hall–Kier alpha value is -3.28. The van der Waals surface area contributed by atoms with Crippen molar-refractivity contribution in [3.63, 3.8) is 0 Å². The second kappa shape index (κ2) is 7.99. The molecular formula is C23H19F2NO3. The predicted molar refractivity (Wildman–Crippen MR) is 104 cm³/mol. The quantitative estimate of drug-likeness (QED) is 0.643. The minimum absolute atomic E-state index is 0.202. The number of carbonyl (C=O) groups is 1. The van der Waals surface area contributed by atoms with Crippen LogP contribution in [0.25, 0.3) is 11.1 Å². The number of pyridine rings is 1. The summed E-state index contributed by atoms with van der Waals surface area (Å²) in [5, 5.41) is 9.34. The highest BCUT2D eigenvalue weighted by molar-refractivity contribution is 5.89. The zero-order valence-corrected chi connectivity index (χ0v) is 15.6. The van der Waals surface area contributed by atoms with E-state index in [4.69, 9.17) is 4.74 Å². The van der Waals surface area contributed by atoms with E-state index in [9.17, 15) is 18.7 Å². The maximum absolute atomic E-state index is 14.1. The van der Waals surface area contributed by atoms with E-state index in [1.807, 2.05) is 12.1 Å². The van der Waals surface area contributed by atoms with Gasteiger partial charge in [0.15, 0.2) is 0 Å². The number of rotatable bonds is 5. The van der Waals surface area contributed by atoms with Crippen LogP contribution in [0, 0.1) is 11.6 Å². The maximum Gasteiger partial charge on any atom is 0.336 e. The van der Waals surface area contributed by atoms with Gasteiger partial charge in [0, 0.05) is 24.0 Å². The lowest BCUT2D eigenvalue weighted by Crippen LogP contribution is -2.15. The molecule has 0 fully saturated rings. The number of hydrogen-bond acceptors (Lipinski definition) is 3. The number of aryl methyl sites for hydroxylation is 1. The molecule has 6 heteroatoms. The van der Waals surface area contributed by atoms with E-state index in [1.165, 1.54) is 24.4 Å². The molecule has 1 N–H and O–H groups in total. The summed E-state index contributed by atoms with van der Waals surface area (Å²) in [7, 11) is 0. The molecule has 0 saturated heterocycles. The molecule has 29 heavy (non-hydrogen) atoms. The number of halogens is 2. The summed E-state index contributed by atoms with van der Waals surface area (Å²) in [4.78, 5) is 15.4. The number of carboxylic acids is 1. The first kappa shape index (κ1) is 19.1. The molecule has 0 aliphatic carbocycles. The third-order valence-corrected chi connectivity index (χ3v) is 5.32. The van der Waals surface area contributed by atoms with Crippen LogP contribution in [0.5, 0.6) is 5.75 Å². The van der Waals surface area contributed by atoms with Crippen LogP contribution >= 0.6 is 0 Å². The fourth-order valence-corrected chi connectivity index (χ4v) is 3.82. The number of nitrogens with zero attached hydrogens (tertiary/aromatic N) is 1. The van der Waals surface area contributed by atoms with Gasteiger partial charge in [0.05, 0.1) is 12.2 Å². The van der Waals surface area contributed by atoms with E-state index in [1.54, 1.807) is 12.3 Å². The molecule has 1 aliphatic heterocycles. The number of benzene rings is 2. The first-order valence-electron chi connectivity index (χ1n) is 9.41. The smallest absolute Gasteiger partial charge is 0.336 e. The molecule has 0 bridgehead atoms. The average molecular weight is 395 g/mol. The number of carboxylic acid groups (broad SMARTS) is 1. The van der Waals surface area contributed by atoms with Crippen molar-refractivity contribution in [2.75, 3.05) is 6.61 Å². The molecule has 1 atom stereocenters. The normalized spacial score (nSPS) is 15.4. The van der Waals surface area contributed by atoms with Crippen molar-refractivity contribution in [2.45, 2.75) is 25.2 Å². The van der Waals surface area contributed by atoms with Gasteiger partial charge in [-0.2, -0.15) is 0 Å². The van der Waals surface area contributed by atoms with Crippen LogP contribution in [0.1, 0.15) is 40.2 Å². The zero-order chi connectivity index (χ0) is 20.4. The lowest BCUT2D eigenvalue weighted by atomic mass is 9.86. The summed E-state index contributed by atoms with van der Waals surface area (Å²) >= 11 is 0. The Kier molecular flexibility index (Phi) is 5.25. The second-order valence-corrected chi connectivity index (χ2v) is 7.09. The molecule has 2 aromatic carbocycles. The minimum atomic E-state index is -0.958. The fraction of sp³-hybridized carbons (Fsp3) is 0.217. The zero-order valence-electron chi connectivity index (χ0n) is 15.6. The molecule has 0 saturated carbocycles. The largest absolute Gasteiger partial charge is 0.493 e. The highest BCUT2D eigenvalue weighted by atomic mass is 19.1. The molecule has 2 heterocycles. The van der Waals surface area contributed by atoms with Crippen LogP contribution in [0.4, 0.5) is 8.78 Å². The molecule has 0 amide bonds. The lowest BCUT2D eigenvalue weighted by molar-refractivity contribution is 0.0695. The molecule has 1 aliphatic rings. The van der Waals surface area contributed by atoms with Gasteiger partial charge in [-0.15, -0.1) is 0 Å². The number of fused-ring (bicyclic) bond motifs is 1. The van der Waals surface area contributed by atoms with Gasteiger partial charge in [-0.25, -0.2) is 13.6 Å². The van der Waals surface area contributed by atoms with Gasteiger partial charge >= 0.3 is 5.97 Å². The third-order valence-electron chi connectivity index (χ3n) is 5.32. The van der Waals surface area contributed by atoms with Crippen LogP contribution in [0.2, 0.25) is 0 Å². The van der Waals surface area contributed by atoms with Crippen LogP contribution in [0.3, 0.4) is 0 Å². The van der Waals surface area contributed by atoms with Crippen LogP contribution in [-0.2, 0) is 6.42 Å². The molecule has 4 rings (SSSR count). The van der Waals surface area contributed by atoms with Crippen molar-refractivity contribution in [3.05, 3.63) is 83.2 Å². The van der Waals surface area contributed by atoms with E-state index < -0.39 is 17.6 Å². The summed E-state index contributed by atoms with van der Waals surface area (Å²) < 4.78 is 33.1. The van der Waals surface area contributed by atoms with Gasteiger partial charge in [0.1, 0.15) is 17.4 Å². The van der Waals surface area contributed by atoms with E-state index in [2.05, 4.69) is 4.98 Å². The molecule has 1 aromatic heterocycles. The molecule has 4 nitrogen and oxygen atoms in total. The molecule has 3 aromatic rings. The first-order chi connectivity index (χ1) is 14.0. The van der Waals surface area contributed by atoms with Crippen molar-refractivity contribution in [1.29, 1.82) is 0 Å². The van der Waals surface area contributed by atoms with Gasteiger partial charge in [-0.3, -0.25) is 4.98 Å². The molecule has 148 valence electrons. The highest BCUT2D eigenvalue weighted by Crippen LogP contribution is 2.39. The molecular weight excluding hydrogens is 376 g/mol. The third kappa shape index (κ3) is 3.97. The average Bonchev–Trinajstić information content (AvgIpc) is 2.72. The van der Waals surface area contributed by atoms with Gasteiger partial charge in [0.2, 0.25) is 0 Å². The first-order valence-corrected chi connectivity index (χ1v) is 9.41. The van der Waals surface area contributed by atoms with E-state index in [0.29, 0.717) is 35.5 Å². The van der Waals surface area contributed by atoms with Crippen LogP contribution < -0.4 is 4.74 Å². The van der Waals surface area contributed by atoms with E-state index >= 15 is 0 Å². The summed E-state index contributed by atoms with van der Waals surface area (Å²) in [6.45, 7) is 0.534. The second-order valence-electron chi connectivity index (χ2n) is 7.09. The Morgan fingerprint density at radius 1 is 1.17 bits per heavy atom. The predicted octanol–water partition coefficient (Wildman–Crippen LogP) is 5.22. The number of aromatic nitrogens is 1. The Labute approximate surface area is 166 Å². The SMILES string of the molecule is O=C(O)c1ccncc1CC[C@H]1CCOc2cc(-c3ccc(F)cc3F)ccc21. The molecule has 0 spiro atoms. The summed E-state index contributed by atoms with van der Waals surface area (Å²) in [6.07, 6.45) is 5.25. The van der Waals surface area contributed by atoms with Crippen LogP contribution in [0.15, 0.2) is 54.9 Å². The van der Waals surface area contributed by atoms with Gasteiger partial charge in [-0.1, -0.05) is 12.1 Å². The Morgan fingerprint density at radius 3 is 2.83 bits per heavy atom. The fourth-order valence-electron chi connectivity index (χ4n) is 3.82. The molecule has 0 radical (unpaired) electrons. The van der Waals surface area contributed by atoms with Crippen LogP contribution in [-0.4, -0.2) is 22.7 Å². The van der Waals surface area contributed by atoms with Crippen molar-refractivity contribution in [3.8, 4) is 16.9 Å². The Bertz CT molecular complexity index is 1070. The minimum Gasteiger partial charge on any atom is -0.493 e. The maximum atomic E-state index is 14.1. The summed E-state index contributed by atoms with van der Waals surface area (Å²) in [6, 6.07) is 10.5. The number of aromatic carboxylic acids is 1. The summed E-state index contributed by atoms with van der Waals surface area (Å²) in [5.74, 6) is -1.30. The highest BCUT2D eigenvalue weighted by Gasteiger charge is 2.23. The van der Waals surface area contributed by atoms with Crippen molar-refractivity contribution in [2.24, 2.45) is 0 Å². The lowest BCUT2D eigenvalue weighted by Gasteiger charge is -2.26. The Balaban J connectivity index is 1.57. The van der Waals surface area contributed by atoms with Gasteiger partial charge in [-0.05, 0) is 66.1 Å². The van der Waals surface area contributed by atoms with Crippen molar-refractivity contribution >= 4 is 5.97 Å². The number of hydrogen-bond donors (Lipinski definition) is 1. The van der Waals surface area contributed by atoms with E-state index in [0.717, 1.165) is 24.5 Å². The Morgan fingerprint density at radius 2 is 2.03 bits per heavy atom. The number of ether oxygens (including phenoxy) is 1. The van der Waals surface area contributed by atoms with Crippen molar-refractivity contribution in [1.82, 2.24) is 4.98 Å². The summed E-state index contributed by atoms with van der Waals surface area (Å²) in [5.41, 5.74) is 2.94. The van der Waals surface area contributed by atoms with E-state index in [-0.39, 0.29) is 11.5 Å². The van der Waals surface area contributed by atoms with Gasteiger partial charge in [0.25, 0.3) is 0 Å². The topological polar surface area (TPSA) is 59.4 Å². The monoisotopic (exact) mass is 395 g/mol. The van der Waals surface area contributed by atoms with Gasteiger partial charge < -0.3 is 9.84 Å². The standard InChI is InChI=1S/C23H19F2NO3/c24-17-4-6-18(21(25)12-17)15-3-5-19-14(8-10-29-22(19)11-15)1-2-16-13-26-9-7-20(16)23(27)28/h3-7,9,11-14H,1-2,8,10H2,(H,27,28)/t14-/m0/s1.